The Labute approximate surface area is 117 Å². The molecule has 2 rings (SSSR count). The molecule has 1 aromatic heterocycles. The first-order valence-electron chi connectivity index (χ1n) is 6.39. The molecule has 0 spiro atoms. The zero-order valence-electron chi connectivity index (χ0n) is 11.2. The van der Waals surface area contributed by atoms with Crippen LogP contribution < -0.4 is 11.1 Å². The molecule has 1 atom stereocenters. The van der Waals surface area contributed by atoms with Crippen molar-refractivity contribution in [2.24, 2.45) is 5.73 Å². The first-order valence-corrected chi connectivity index (χ1v) is 6.39. The molecule has 0 saturated carbocycles. The van der Waals surface area contributed by atoms with Gasteiger partial charge in [-0.25, -0.2) is 0 Å². The third-order valence-electron chi connectivity index (χ3n) is 3.08. The number of nitrogens with two attached hydrogens (primary N) is 1. The van der Waals surface area contributed by atoms with Gasteiger partial charge in [0.25, 0.3) is 5.91 Å². The summed E-state index contributed by atoms with van der Waals surface area (Å²) in [6.07, 6.45) is 4.15. The van der Waals surface area contributed by atoms with Crippen molar-refractivity contribution in [3.05, 3.63) is 54.4 Å². The van der Waals surface area contributed by atoms with E-state index in [1.807, 2.05) is 36.0 Å². The fourth-order valence-electron chi connectivity index (χ4n) is 2.02. The van der Waals surface area contributed by atoms with E-state index in [0.29, 0.717) is 17.7 Å². The van der Waals surface area contributed by atoms with E-state index in [0.717, 1.165) is 0 Å². The fourth-order valence-corrected chi connectivity index (χ4v) is 2.02. The molecular weight excluding hydrogens is 254 g/mol. The van der Waals surface area contributed by atoms with Crippen molar-refractivity contribution in [2.45, 2.75) is 19.4 Å². The topological polar surface area (TPSA) is 77.1 Å². The van der Waals surface area contributed by atoms with Gasteiger partial charge in [0.2, 0.25) is 5.91 Å². The van der Waals surface area contributed by atoms with Crippen LogP contribution in [0.4, 0.5) is 5.69 Å². The molecule has 0 radical (unpaired) electrons. The van der Waals surface area contributed by atoms with E-state index in [9.17, 15) is 9.59 Å². The number of hydrogen-bond acceptors (Lipinski definition) is 2. The molecule has 5 heteroatoms. The predicted molar refractivity (Wildman–Crippen MR) is 77.3 cm³/mol. The van der Waals surface area contributed by atoms with Crippen molar-refractivity contribution in [3.63, 3.8) is 0 Å². The quantitative estimate of drug-likeness (QED) is 0.874. The van der Waals surface area contributed by atoms with Crippen molar-refractivity contribution in [3.8, 4) is 0 Å². The number of para-hydroxylation sites is 1. The minimum absolute atomic E-state index is 0.0470. The Morgan fingerprint density at radius 1 is 1.20 bits per heavy atom. The Hall–Kier alpha value is -2.56. The Bertz CT molecular complexity index is 605. The number of aromatic nitrogens is 1. The normalized spacial score (nSPS) is 11.8. The van der Waals surface area contributed by atoms with Crippen LogP contribution in [-0.2, 0) is 4.79 Å². The largest absolute Gasteiger partial charge is 0.366 e. The lowest BCUT2D eigenvalue weighted by Crippen LogP contribution is -2.20. The van der Waals surface area contributed by atoms with Gasteiger partial charge in [-0.1, -0.05) is 12.1 Å². The maximum atomic E-state index is 12.0. The number of amides is 2. The molecule has 0 aliphatic carbocycles. The van der Waals surface area contributed by atoms with Crippen molar-refractivity contribution in [1.82, 2.24) is 4.57 Å². The molecule has 0 bridgehead atoms. The summed E-state index contributed by atoms with van der Waals surface area (Å²) in [7, 11) is 0. The highest BCUT2D eigenvalue weighted by Crippen LogP contribution is 2.17. The van der Waals surface area contributed by atoms with Crippen LogP contribution >= 0.6 is 0 Å². The summed E-state index contributed by atoms with van der Waals surface area (Å²) in [5.74, 6) is -0.709. The molecule has 20 heavy (non-hydrogen) atoms. The van der Waals surface area contributed by atoms with Gasteiger partial charge in [0.15, 0.2) is 0 Å². The molecule has 1 aromatic carbocycles. The number of primary amides is 1. The number of nitrogens with one attached hydrogen (secondary N) is 1. The SMILES string of the molecule is C[C@H](CC(=O)Nc1ccccc1C(N)=O)n1cccc1. The van der Waals surface area contributed by atoms with Gasteiger partial charge in [-0.05, 0) is 31.2 Å². The van der Waals surface area contributed by atoms with E-state index in [1.165, 1.54) is 0 Å². The fraction of sp³-hybridized carbons (Fsp3) is 0.200. The van der Waals surface area contributed by atoms with E-state index >= 15 is 0 Å². The van der Waals surface area contributed by atoms with Gasteiger partial charge in [0.05, 0.1) is 11.3 Å². The summed E-state index contributed by atoms with van der Waals surface area (Å²) in [5.41, 5.74) is 6.04. The first kappa shape index (κ1) is 13.9. The molecule has 1 heterocycles. The lowest BCUT2D eigenvalue weighted by Gasteiger charge is -2.14. The van der Waals surface area contributed by atoms with E-state index in [1.54, 1.807) is 24.3 Å². The van der Waals surface area contributed by atoms with E-state index < -0.39 is 5.91 Å². The van der Waals surface area contributed by atoms with Crippen LogP contribution in [0.1, 0.15) is 29.7 Å². The molecule has 0 aliphatic rings. The van der Waals surface area contributed by atoms with Crippen molar-refractivity contribution in [1.29, 1.82) is 0 Å². The third-order valence-corrected chi connectivity index (χ3v) is 3.08. The van der Waals surface area contributed by atoms with Gasteiger partial charge in [-0.3, -0.25) is 9.59 Å². The van der Waals surface area contributed by atoms with Crippen LogP contribution in [0.25, 0.3) is 0 Å². The van der Waals surface area contributed by atoms with Crippen molar-refractivity contribution >= 4 is 17.5 Å². The molecule has 0 saturated heterocycles. The van der Waals surface area contributed by atoms with E-state index in [2.05, 4.69) is 5.32 Å². The lowest BCUT2D eigenvalue weighted by atomic mass is 10.1. The molecule has 5 nitrogen and oxygen atoms in total. The highest BCUT2D eigenvalue weighted by Gasteiger charge is 2.13. The van der Waals surface area contributed by atoms with Crippen LogP contribution in [0.3, 0.4) is 0 Å². The van der Waals surface area contributed by atoms with Crippen LogP contribution in [0, 0.1) is 0 Å². The Morgan fingerprint density at radius 2 is 1.85 bits per heavy atom. The number of anilines is 1. The van der Waals surface area contributed by atoms with E-state index in [-0.39, 0.29) is 11.9 Å². The summed E-state index contributed by atoms with van der Waals surface area (Å²) in [5, 5.41) is 2.73. The monoisotopic (exact) mass is 271 g/mol. The minimum atomic E-state index is -0.556. The zero-order valence-corrected chi connectivity index (χ0v) is 11.2. The summed E-state index contributed by atoms with van der Waals surface area (Å²) in [4.78, 5) is 23.3. The zero-order chi connectivity index (χ0) is 14.5. The second-order valence-corrected chi connectivity index (χ2v) is 4.64. The van der Waals surface area contributed by atoms with Gasteiger partial charge in [0.1, 0.15) is 0 Å². The maximum Gasteiger partial charge on any atom is 0.250 e. The standard InChI is InChI=1S/C15H17N3O2/c1-11(18-8-4-5-9-18)10-14(19)17-13-7-3-2-6-12(13)15(16)20/h2-9,11H,10H2,1H3,(H2,16,20)(H,17,19)/t11-/m1/s1. The third kappa shape index (κ3) is 3.26. The molecule has 0 unspecified atom stereocenters. The number of carbonyl (C=O) groups is 2. The summed E-state index contributed by atoms with van der Waals surface area (Å²) < 4.78 is 1.96. The summed E-state index contributed by atoms with van der Waals surface area (Å²) >= 11 is 0. The molecule has 3 N–H and O–H groups in total. The second kappa shape index (κ2) is 6.06. The van der Waals surface area contributed by atoms with Crippen LogP contribution in [0.5, 0.6) is 0 Å². The maximum absolute atomic E-state index is 12.0. The van der Waals surface area contributed by atoms with Crippen LogP contribution in [0.2, 0.25) is 0 Å². The Kier molecular flexibility index (Phi) is 4.20. The first-order chi connectivity index (χ1) is 9.58. The molecule has 0 aliphatic heterocycles. The number of hydrogen-bond donors (Lipinski definition) is 2. The predicted octanol–water partition coefficient (Wildman–Crippen LogP) is 2.18. The smallest absolute Gasteiger partial charge is 0.250 e. The van der Waals surface area contributed by atoms with Gasteiger partial charge in [-0.2, -0.15) is 0 Å². The van der Waals surface area contributed by atoms with Crippen LogP contribution in [-0.4, -0.2) is 16.4 Å². The van der Waals surface area contributed by atoms with Gasteiger partial charge in [-0.15, -0.1) is 0 Å². The average molecular weight is 271 g/mol. The van der Waals surface area contributed by atoms with Crippen LogP contribution in [0.15, 0.2) is 48.8 Å². The molecular formula is C15H17N3O2. The molecule has 104 valence electrons. The molecule has 2 aromatic rings. The summed E-state index contributed by atoms with van der Waals surface area (Å²) in [6, 6.07) is 10.6. The number of nitrogens with zero attached hydrogens (tertiary/aromatic N) is 1. The number of carbonyl (C=O) groups excluding carboxylic acids is 2. The van der Waals surface area contributed by atoms with Gasteiger partial charge < -0.3 is 15.6 Å². The minimum Gasteiger partial charge on any atom is -0.366 e. The van der Waals surface area contributed by atoms with Crippen molar-refractivity contribution < 1.29 is 9.59 Å². The highest BCUT2D eigenvalue weighted by molar-refractivity contribution is 6.03. The Balaban J connectivity index is 2.03. The van der Waals surface area contributed by atoms with E-state index in [4.69, 9.17) is 5.73 Å². The number of rotatable bonds is 5. The molecule has 2 amide bonds. The van der Waals surface area contributed by atoms with Crippen molar-refractivity contribution in [2.75, 3.05) is 5.32 Å². The summed E-state index contributed by atoms with van der Waals surface area (Å²) in [6.45, 7) is 1.96. The van der Waals surface area contributed by atoms with Gasteiger partial charge >= 0.3 is 0 Å². The molecule has 0 fully saturated rings. The second-order valence-electron chi connectivity index (χ2n) is 4.64. The van der Waals surface area contributed by atoms with Gasteiger partial charge in [0, 0.05) is 24.9 Å². The highest BCUT2D eigenvalue weighted by atomic mass is 16.2. The lowest BCUT2D eigenvalue weighted by molar-refractivity contribution is -0.116. The average Bonchev–Trinajstić information content (AvgIpc) is 2.92. The number of benzene rings is 1. The Morgan fingerprint density at radius 3 is 2.50 bits per heavy atom.